The van der Waals surface area contributed by atoms with E-state index < -0.39 is 0 Å². The minimum Gasteiger partial charge on any atom is -0.309 e. The molecule has 4 heteroatoms. The van der Waals surface area contributed by atoms with E-state index in [0.717, 1.165) is 5.69 Å². The molecule has 0 aliphatic heterocycles. The zero-order valence-electron chi connectivity index (χ0n) is 28.0. The molecule has 0 amide bonds. The monoisotopic (exact) mass is 679 g/mol. The molecule has 52 heavy (non-hydrogen) atoms. The molecule has 8 aromatic carbocycles. The number of hydrogen-bond acceptors (Lipinski definition) is 1. The smallest absolute Gasteiger partial charge is 0.0548 e. The van der Waals surface area contributed by atoms with E-state index in [1.807, 2.05) is 11.3 Å². The Labute approximate surface area is 302 Å². The number of nitrogens with zero attached hydrogens (tertiary/aromatic N) is 3. The first-order valence-electron chi connectivity index (χ1n) is 17.8. The van der Waals surface area contributed by atoms with Crippen LogP contribution >= 0.6 is 11.3 Å². The number of benzene rings is 8. The van der Waals surface area contributed by atoms with E-state index in [1.165, 1.54) is 97.0 Å². The number of thiophene rings is 1. The summed E-state index contributed by atoms with van der Waals surface area (Å²) in [7, 11) is 0. The summed E-state index contributed by atoms with van der Waals surface area (Å²) in [6, 6.07) is 64.7. The molecule has 0 spiro atoms. The fraction of sp³-hybridized carbons (Fsp3) is 0. The van der Waals surface area contributed by atoms with Crippen LogP contribution in [0.1, 0.15) is 0 Å². The predicted molar refractivity (Wildman–Crippen MR) is 222 cm³/mol. The minimum absolute atomic E-state index is 1.16. The Morgan fingerprint density at radius 3 is 1.31 bits per heavy atom. The Morgan fingerprint density at radius 1 is 0.250 bits per heavy atom. The van der Waals surface area contributed by atoms with E-state index in [4.69, 9.17) is 0 Å². The second-order valence-corrected chi connectivity index (χ2v) is 14.8. The van der Waals surface area contributed by atoms with E-state index in [1.54, 1.807) is 0 Å². The summed E-state index contributed by atoms with van der Waals surface area (Å²) in [6.45, 7) is 0. The molecule has 0 saturated heterocycles. The lowest BCUT2D eigenvalue weighted by Gasteiger charge is -2.11. The van der Waals surface area contributed by atoms with Crippen molar-refractivity contribution in [1.82, 2.24) is 13.7 Å². The summed E-state index contributed by atoms with van der Waals surface area (Å²) in [4.78, 5) is 0. The molecule has 4 aromatic heterocycles. The first kappa shape index (κ1) is 28.1. The molecule has 242 valence electrons. The van der Waals surface area contributed by atoms with Crippen molar-refractivity contribution in [3.8, 4) is 17.1 Å². The summed E-state index contributed by atoms with van der Waals surface area (Å²) in [5.74, 6) is 0. The standard InChI is InChI=1S/C48H29N3S/c1-2-12-30(13-3-1)49-41-18-8-5-15-34(41)38-29-46-39(28-45(38)49)35-16-6-10-20-43(35)51(46)31-22-24-44-37(26-31)33-14-4-9-19-42(33)50(44)32-23-25-48-40(27-32)36-17-7-11-21-47(36)52-48/h1-29H. The SMILES string of the molecule is c1ccc(-n2c3ccccc3c3cc4c(cc32)c2ccccc2n4-c2ccc3c(c2)c2ccccc2n3-c2ccc3sc4ccccc4c3c2)cc1. The van der Waals surface area contributed by atoms with Crippen LogP contribution in [0, 0.1) is 0 Å². The number of rotatable bonds is 3. The molecule has 0 radical (unpaired) electrons. The highest BCUT2D eigenvalue weighted by Crippen LogP contribution is 2.42. The Bertz CT molecular complexity index is 3410. The van der Waals surface area contributed by atoms with Gasteiger partial charge in [0.1, 0.15) is 0 Å². The highest BCUT2D eigenvalue weighted by atomic mass is 32.1. The number of para-hydroxylation sites is 4. The number of hydrogen-bond donors (Lipinski definition) is 0. The molecule has 4 heterocycles. The van der Waals surface area contributed by atoms with Crippen molar-refractivity contribution in [1.29, 1.82) is 0 Å². The lowest BCUT2D eigenvalue weighted by Crippen LogP contribution is -1.96. The molecule has 12 aromatic rings. The topological polar surface area (TPSA) is 14.8 Å². The van der Waals surface area contributed by atoms with Crippen molar-refractivity contribution in [2.75, 3.05) is 0 Å². The minimum atomic E-state index is 1.16. The Morgan fingerprint density at radius 2 is 0.673 bits per heavy atom. The fourth-order valence-electron chi connectivity index (χ4n) is 8.80. The molecule has 0 unspecified atom stereocenters. The highest BCUT2D eigenvalue weighted by Gasteiger charge is 2.20. The van der Waals surface area contributed by atoms with E-state index in [0.29, 0.717) is 0 Å². The van der Waals surface area contributed by atoms with E-state index >= 15 is 0 Å². The van der Waals surface area contributed by atoms with Crippen LogP contribution in [0.2, 0.25) is 0 Å². The number of fused-ring (bicyclic) bond motifs is 12. The second kappa shape index (κ2) is 10.5. The van der Waals surface area contributed by atoms with Crippen LogP contribution in [0.15, 0.2) is 176 Å². The summed E-state index contributed by atoms with van der Waals surface area (Å²) in [5, 5.41) is 10.1. The fourth-order valence-corrected chi connectivity index (χ4v) is 9.88. The number of aromatic nitrogens is 3. The third-order valence-electron chi connectivity index (χ3n) is 11.0. The van der Waals surface area contributed by atoms with Gasteiger partial charge in [-0.15, -0.1) is 11.3 Å². The van der Waals surface area contributed by atoms with Crippen LogP contribution in [0.5, 0.6) is 0 Å². The molecule has 0 aliphatic rings. The molecule has 0 atom stereocenters. The Kier molecular flexibility index (Phi) is 5.65. The maximum atomic E-state index is 2.47. The van der Waals surface area contributed by atoms with Gasteiger partial charge in [-0.25, -0.2) is 0 Å². The Hall–Kier alpha value is -6.62. The average Bonchev–Trinajstić information content (AvgIpc) is 3.93. The van der Waals surface area contributed by atoms with Gasteiger partial charge in [-0.3, -0.25) is 0 Å². The maximum absolute atomic E-state index is 2.47. The van der Waals surface area contributed by atoms with Crippen molar-refractivity contribution >= 4 is 96.9 Å². The van der Waals surface area contributed by atoms with Crippen LogP contribution in [0.25, 0.3) is 103 Å². The van der Waals surface area contributed by atoms with Gasteiger partial charge in [0.25, 0.3) is 0 Å². The van der Waals surface area contributed by atoms with Crippen LogP contribution in [0.3, 0.4) is 0 Å². The van der Waals surface area contributed by atoms with Crippen molar-refractivity contribution in [2.24, 2.45) is 0 Å². The third-order valence-corrected chi connectivity index (χ3v) is 12.2. The first-order valence-corrected chi connectivity index (χ1v) is 18.6. The molecule has 0 saturated carbocycles. The van der Waals surface area contributed by atoms with Gasteiger partial charge in [-0.1, -0.05) is 91.0 Å². The van der Waals surface area contributed by atoms with Gasteiger partial charge in [0.05, 0.1) is 33.1 Å². The van der Waals surface area contributed by atoms with E-state index in [-0.39, 0.29) is 0 Å². The quantitative estimate of drug-likeness (QED) is 0.177. The largest absolute Gasteiger partial charge is 0.309 e. The highest BCUT2D eigenvalue weighted by molar-refractivity contribution is 7.25. The molecule has 12 rings (SSSR count). The second-order valence-electron chi connectivity index (χ2n) is 13.8. The van der Waals surface area contributed by atoms with Gasteiger partial charge in [-0.05, 0) is 84.9 Å². The Balaban J connectivity index is 1.13. The zero-order chi connectivity index (χ0) is 33.9. The van der Waals surface area contributed by atoms with Crippen LogP contribution < -0.4 is 0 Å². The van der Waals surface area contributed by atoms with Gasteiger partial charge in [0.15, 0.2) is 0 Å². The van der Waals surface area contributed by atoms with Crippen LogP contribution in [-0.4, -0.2) is 13.7 Å². The molecule has 0 aliphatic carbocycles. The molecule has 3 nitrogen and oxygen atoms in total. The molecule has 0 bridgehead atoms. The van der Waals surface area contributed by atoms with Gasteiger partial charge in [-0.2, -0.15) is 0 Å². The summed E-state index contributed by atoms with van der Waals surface area (Å²) in [6.07, 6.45) is 0. The van der Waals surface area contributed by atoms with Crippen molar-refractivity contribution in [3.05, 3.63) is 176 Å². The lowest BCUT2D eigenvalue weighted by atomic mass is 10.1. The van der Waals surface area contributed by atoms with Crippen LogP contribution in [0.4, 0.5) is 0 Å². The van der Waals surface area contributed by atoms with Crippen molar-refractivity contribution < 1.29 is 0 Å². The predicted octanol–water partition coefficient (Wildman–Crippen LogP) is 13.3. The molecular formula is C48H29N3S. The average molecular weight is 680 g/mol. The lowest BCUT2D eigenvalue weighted by molar-refractivity contribution is 1.17. The van der Waals surface area contributed by atoms with Gasteiger partial charge in [0.2, 0.25) is 0 Å². The maximum Gasteiger partial charge on any atom is 0.0548 e. The van der Waals surface area contributed by atoms with Crippen LogP contribution in [-0.2, 0) is 0 Å². The van der Waals surface area contributed by atoms with Gasteiger partial charge in [0, 0.05) is 69.6 Å². The van der Waals surface area contributed by atoms with E-state index in [2.05, 4.69) is 190 Å². The zero-order valence-corrected chi connectivity index (χ0v) is 28.8. The van der Waals surface area contributed by atoms with Gasteiger partial charge >= 0.3 is 0 Å². The summed E-state index contributed by atoms with van der Waals surface area (Å²) < 4.78 is 9.96. The van der Waals surface area contributed by atoms with Crippen molar-refractivity contribution in [2.45, 2.75) is 0 Å². The summed E-state index contributed by atoms with van der Waals surface area (Å²) >= 11 is 1.86. The molecular weight excluding hydrogens is 651 g/mol. The molecule has 0 fully saturated rings. The summed E-state index contributed by atoms with van der Waals surface area (Å²) in [5.41, 5.74) is 10.8. The van der Waals surface area contributed by atoms with E-state index in [9.17, 15) is 0 Å². The normalized spacial score (nSPS) is 12.2. The van der Waals surface area contributed by atoms with Crippen molar-refractivity contribution in [3.63, 3.8) is 0 Å². The van der Waals surface area contributed by atoms with Gasteiger partial charge < -0.3 is 13.7 Å². The molecule has 0 N–H and O–H groups in total. The first-order chi connectivity index (χ1) is 25.8. The third kappa shape index (κ3) is 3.79.